The highest BCUT2D eigenvalue weighted by Crippen LogP contribution is 2.32. The number of hydrogen-bond donors (Lipinski definition) is 1. The Hall–Kier alpha value is -0.820. The van der Waals surface area contributed by atoms with Gasteiger partial charge in [-0.25, -0.2) is 0 Å². The Kier molecular flexibility index (Phi) is 5.87. The summed E-state index contributed by atoms with van der Waals surface area (Å²) in [6, 6.07) is 1.50. The smallest absolute Gasteiger partial charge is 0.305 e. The standard InChI is InChI=1S/C13H15Cl2NO4S/c14-10-7-9(12(15)21-10)13(19)16(4-1-11(17)18)8-2-5-20-6-3-8/h7-8H,1-6H2,(H,17,18). The van der Waals surface area contributed by atoms with Crippen LogP contribution in [0, 0.1) is 0 Å². The van der Waals surface area contributed by atoms with Crippen molar-refractivity contribution in [1.29, 1.82) is 0 Å². The average molecular weight is 352 g/mol. The minimum atomic E-state index is -0.936. The van der Waals surface area contributed by atoms with Crippen LogP contribution in [0.4, 0.5) is 0 Å². The van der Waals surface area contributed by atoms with E-state index in [9.17, 15) is 9.59 Å². The molecule has 0 bridgehead atoms. The van der Waals surface area contributed by atoms with E-state index in [1.54, 1.807) is 4.90 Å². The minimum Gasteiger partial charge on any atom is -0.481 e. The molecule has 2 rings (SSSR count). The second kappa shape index (κ2) is 7.45. The van der Waals surface area contributed by atoms with Crippen molar-refractivity contribution < 1.29 is 19.4 Å². The molecule has 1 aliphatic heterocycles. The van der Waals surface area contributed by atoms with Gasteiger partial charge < -0.3 is 14.7 Å². The van der Waals surface area contributed by atoms with E-state index < -0.39 is 5.97 Å². The van der Waals surface area contributed by atoms with Crippen LogP contribution in [0.1, 0.15) is 29.6 Å². The number of hydrogen-bond acceptors (Lipinski definition) is 4. The van der Waals surface area contributed by atoms with E-state index >= 15 is 0 Å². The molecule has 116 valence electrons. The van der Waals surface area contributed by atoms with Crippen molar-refractivity contribution in [2.24, 2.45) is 0 Å². The maximum atomic E-state index is 12.6. The molecule has 1 saturated heterocycles. The molecule has 1 aromatic heterocycles. The summed E-state index contributed by atoms with van der Waals surface area (Å²) in [5.74, 6) is -1.20. The third-order valence-electron chi connectivity index (χ3n) is 3.35. The van der Waals surface area contributed by atoms with Crippen LogP contribution in [0.2, 0.25) is 8.67 Å². The van der Waals surface area contributed by atoms with Gasteiger partial charge in [-0.15, -0.1) is 11.3 Å². The van der Waals surface area contributed by atoms with Crippen LogP contribution in [-0.4, -0.2) is 47.7 Å². The van der Waals surface area contributed by atoms with Gasteiger partial charge in [0.2, 0.25) is 0 Å². The van der Waals surface area contributed by atoms with Crippen molar-refractivity contribution in [1.82, 2.24) is 4.90 Å². The third kappa shape index (κ3) is 4.32. The molecule has 8 heteroatoms. The number of rotatable bonds is 5. The number of carboxylic acid groups (broad SMARTS) is 1. The Morgan fingerprint density at radius 2 is 2.05 bits per heavy atom. The lowest BCUT2D eigenvalue weighted by Gasteiger charge is -2.34. The molecule has 1 N–H and O–H groups in total. The monoisotopic (exact) mass is 351 g/mol. The number of amides is 1. The maximum absolute atomic E-state index is 12.6. The van der Waals surface area contributed by atoms with Gasteiger partial charge in [-0.1, -0.05) is 23.2 Å². The molecular weight excluding hydrogens is 337 g/mol. The number of carbonyl (C=O) groups excluding carboxylic acids is 1. The van der Waals surface area contributed by atoms with Crippen molar-refractivity contribution in [3.63, 3.8) is 0 Å². The van der Waals surface area contributed by atoms with E-state index in [0.717, 1.165) is 11.3 Å². The first-order valence-corrected chi connectivity index (χ1v) is 8.11. The summed E-state index contributed by atoms with van der Waals surface area (Å²) >= 11 is 13.0. The van der Waals surface area contributed by atoms with Gasteiger partial charge in [0, 0.05) is 25.8 Å². The van der Waals surface area contributed by atoms with Crippen LogP contribution in [0.25, 0.3) is 0 Å². The molecular formula is C13H15Cl2NO4S. The van der Waals surface area contributed by atoms with Crippen molar-refractivity contribution in [3.8, 4) is 0 Å². The Morgan fingerprint density at radius 1 is 1.38 bits per heavy atom. The van der Waals surface area contributed by atoms with E-state index in [4.69, 9.17) is 33.0 Å². The van der Waals surface area contributed by atoms with Crippen molar-refractivity contribution in [2.45, 2.75) is 25.3 Å². The zero-order chi connectivity index (χ0) is 15.4. The molecule has 0 aliphatic carbocycles. The number of thiophene rings is 1. The first-order valence-electron chi connectivity index (χ1n) is 6.54. The van der Waals surface area contributed by atoms with Gasteiger partial charge in [0.1, 0.15) is 4.34 Å². The molecule has 0 unspecified atom stereocenters. The van der Waals surface area contributed by atoms with Gasteiger partial charge in [-0.05, 0) is 18.9 Å². The Bertz CT molecular complexity index is 528. The first-order chi connectivity index (χ1) is 9.99. The second-order valence-electron chi connectivity index (χ2n) is 4.72. The van der Waals surface area contributed by atoms with E-state index in [-0.39, 0.29) is 24.9 Å². The van der Waals surface area contributed by atoms with E-state index in [1.807, 2.05) is 0 Å². The van der Waals surface area contributed by atoms with Gasteiger partial charge in [0.25, 0.3) is 5.91 Å². The molecule has 0 saturated carbocycles. The maximum Gasteiger partial charge on any atom is 0.305 e. The fraction of sp³-hybridized carbons (Fsp3) is 0.538. The summed E-state index contributed by atoms with van der Waals surface area (Å²) in [5.41, 5.74) is 0.337. The summed E-state index contributed by atoms with van der Waals surface area (Å²) in [4.78, 5) is 25.0. The van der Waals surface area contributed by atoms with Crippen LogP contribution in [-0.2, 0) is 9.53 Å². The van der Waals surface area contributed by atoms with Gasteiger partial charge in [0.05, 0.1) is 16.3 Å². The van der Waals surface area contributed by atoms with E-state index in [2.05, 4.69) is 0 Å². The molecule has 1 fully saturated rings. The highest BCUT2D eigenvalue weighted by Gasteiger charge is 2.29. The predicted octanol–water partition coefficient (Wildman–Crippen LogP) is 3.15. The highest BCUT2D eigenvalue weighted by molar-refractivity contribution is 7.20. The SMILES string of the molecule is O=C(O)CCN(C(=O)c1cc(Cl)sc1Cl)C1CCOCC1. The van der Waals surface area contributed by atoms with Crippen molar-refractivity contribution >= 4 is 46.4 Å². The summed E-state index contributed by atoms with van der Waals surface area (Å²) in [6.45, 7) is 1.29. The molecule has 1 amide bonds. The molecule has 1 aliphatic rings. The van der Waals surface area contributed by atoms with Gasteiger partial charge in [-0.3, -0.25) is 9.59 Å². The molecule has 0 radical (unpaired) electrons. The number of nitrogens with zero attached hydrogens (tertiary/aromatic N) is 1. The lowest BCUT2D eigenvalue weighted by atomic mass is 10.1. The normalized spacial score (nSPS) is 15.9. The van der Waals surface area contributed by atoms with Gasteiger partial charge in [-0.2, -0.15) is 0 Å². The number of aliphatic carboxylic acids is 1. The van der Waals surface area contributed by atoms with Crippen LogP contribution in [0.15, 0.2) is 6.07 Å². The molecule has 21 heavy (non-hydrogen) atoms. The Balaban J connectivity index is 2.18. The number of ether oxygens (including phenoxy) is 1. The zero-order valence-corrected chi connectivity index (χ0v) is 13.5. The fourth-order valence-corrected chi connectivity index (χ4v) is 3.75. The topological polar surface area (TPSA) is 66.8 Å². The fourth-order valence-electron chi connectivity index (χ4n) is 2.30. The first kappa shape index (κ1) is 16.5. The van der Waals surface area contributed by atoms with Crippen LogP contribution >= 0.6 is 34.5 Å². The molecule has 1 aromatic rings. The van der Waals surface area contributed by atoms with Crippen molar-refractivity contribution in [2.75, 3.05) is 19.8 Å². The van der Waals surface area contributed by atoms with Gasteiger partial charge in [0.15, 0.2) is 0 Å². The Labute approximate surface area is 136 Å². The van der Waals surface area contributed by atoms with Crippen LogP contribution < -0.4 is 0 Å². The van der Waals surface area contributed by atoms with Gasteiger partial charge >= 0.3 is 5.97 Å². The van der Waals surface area contributed by atoms with Crippen molar-refractivity contribution in [3.05, 3.63) is 20.3 Å². The molecule has 5 nitrogen and oxygen atoms in total. The number of carbonyl (C=O) groups is 2. The highest BCUT2D eigenvalue weighted by atomic mass is 35.5. The summed E-state index contributed by atoms with van der Waals surface area (Å²) < 4.78 is 6.06. The summed E-state index contributed by atoms with van der Waals surface area (Å²) in [5, 5.41) is 8.86. The molecule has 2 heterocycles. The van der Waals surface area contributed by atoms with Crippen LogP contribution in [0.3, 0.4) is 0 Å². The number of carboxylic acids is 1. The quantitative estimate of drug-likeness (QED) is 0.884. The predicted molar refractivity (Wildman–Crippen MR) is 81.5 cm³/mol. The van der Waals surface area contributed by atoms with Crippen LogP contribution in [0.5, 0.6) is 0 Å². The van der Waals surface area contributed by atoms with E-state index in [0.29, 0.717) is 40.3 Å². The third-order valence-corrected chi connectivity index (χ3v) is 4.83. The second-order valence-corrected chi connectivity index (χ2v) is 7.01. The molecule has 0 atom stereocenters. The lowest BCUT2D eigenvalue weighted by molar-refractivity contribution is -0.137. The number of halogens is 2. The summed E-state index contributed by atoms with van der Waals surface area (Å²) in [7, 11) is 0. The molecule has 0 spiro atoms. The zero-order valence-electron chi connectivity index (χ0n) is 11.2. The van der Waals surface area contributed by atoms with E-state index in [1.165, 1.54) is 6.07 Å². The average Bonchev–Trinajstić information content (AvgIpc) is 2.78. The molecule has 0 aromatic carbocycles. The minimum absolute atomic E-state index is 0.0275. The summed E-state index contributed by atoms with van der Waals surface area (Å²) in [6.07, 6.45) is 1.29. The Morgan fingerprint density at radius 3 is 2.57 bits per heavy atom. The lowest BCUT2D eigenvalue weighted by Crippen LogP contribution is -2.44. The largest absolute Gasteiger partial charge is 0.481 e.